The second-order valence-corrected chi connectivity index (χ2v) is 5.70. The third-order valence-electron chi connectivity index (χ3n) is 4.42. The van der Waals surface area contributed by atoms with Gasteiger partial charge in [0.15, 0.2) is 0 Å². The van der Waals surface area contributed by atoms with Crippen LogP contribution in [0.2, 0.25) is 0 Å². The number of aryl methyl sites for hydroxylation is 1. The zero-order valence-corrected chi connectivity index (χ0v) is 12.8. The Hall–Kier alpha value is -1.06. The molecule has 0 saturated carbocycles. The molecule has 1 saturated heterocycles. The van der Waals surface area contributed by atoms with E-state index in [1.54, 1.807) is 7.11 Å². The first kappa shape index (κ1) is 14.4. The van der Waals surface area contributed by atoms with Crippen LogP contribution in [0, 0.1) is 20.8 Å². The first-order valence-electron chi connectivity index (χ1n) is 7.09. The molecule has 106 valence electrons. The number of nitrogens with one attached hydrogen (secondary N) is 1. The molecule has 3 heteroatoms. The minimum atomic E-state index is 0.669. The molecule has 0 amide bonds. The van der Waals surface area contributed by atoms with Crippen molar-refractivity contribution in [1.29, 1.82) is 0 Å². The zero-order chi connectivity index (χ0) is 14.0. The molecule has 1 atom stereocenters. The molecule has 1 N–H and O–H groups in total. The maximum absolute atomic E-state index is 5.49. The van der Waals surface area contributed by atoms with Gasteiger partial charge in [0.2, 0.25) is 0 Å². The Balaban J connectivity index is 2.20. The fraction of sp³-hybridized carbons (Fsp3) is 0.625. The highest BCUT2D eigenvalue weighted by Crippen LogP contribution is 2.29. The number of methoxy groups -OCH3 is 1. The molecule has 0 aliphatic carbocycles. The summed E-state index contributed by atoms with van der Waals surface area (Å²) in [6.07, 6.45) is 1.25. The summed E-state index contributed by atoms with van der Waals surface area (Å²) in [6.45, 7) is 9.77. The summed E-state index contributed by atoms with van der Waals surface area (Å²) in [5.41, 5.74) is 5.29. The Kier molecular flexibility index (Phi) is 4.48. The van der Waals surface area contributed by atoms with Gasteiger partial charge in [0.05, 0.1) is 7.11 Å². The summed E-state index contributed by atoms with van der Waals surface area (Å²) in [6, 6.07) is 2.95. The molecule has 1 aliphatic rings. The average Bonchev–Trinajstić information content (AvgIpc) is 2.90. The monoisotopic (exact) mass is 262 g/mol. The van der Waals surface area contributed by atoms with Crippen LogP contribution < -0.4 is 10.1 Å². The summed E-state index contributed by atoms with van der Waals surface area (Å²) >= 11 is 0. The lowest BCUT2D eigenvalue weighted by Crippen LogP contribution is -2.33. The normalized spacial score (nSPS) is 19.2. The molecular formula is C16H26N2O. The van der Waals surface area contributed by atoms with Crippen molar-refractivity contribution in [2.45, 2.75) is 39.8 Å². The maximum Gasteiger partial charge on any atom is 0.124 e. The Morgan fingerprint density at radius 3 is 2.63 bits per heavy atom. The first-order chi connectivity index (χ1) is 9.04. The second-order valence-electron chi connectivity index (χ2n) is 5.70. The van der Waals surface area contributed by atoms with Crippen LogP contribution in [0.3, 0.4) is 0 Å². The predicted octanol–water partition coefficient (Wildman–Crippen LogP) is 2.41. The van der Waals surface area contributed by atoms with Crippen LogP contribution in [0.15, 0.2) is 6.07 Å². The molecule has 2 rings (SSSR count). The second kappa shape index (κ2) is 5.93. The Bertz CT molecular complexity index is 451. The van der Waals surface area contributed by atoms with Crippen molar-refractivity contribution in [1.82, 2.24) is 10.2 Å². The van der Waals surface area contributed by atoms with Crippen molar-refractivity contribution in [3.05, 3.63) is 28.3 Å². The maximum atomic E-state index is 5.49. The van der Waals surface area contributed by atoms with Crippen LogP contribution in [0.4, 0.5) is 0 Å². The highest BCUT2D eigenvalue weighted by atomic mass is 16.5. The zero-order valence-electron chi connectivity index (χ0n) is 12.8. The standard InChI is InChI=1S/C16H26N2O/c1-11-8-14(12(2)13(3)16(11)19-5)10-18(4)15-6-7-17-9-15/h8,15,17H,6-7,9-10H2,1-5H3. The van der Waals surface area contributed by atoms with Crippen molar-refractivity contribution in [3.8, 4) is 5.75 Å². The van der Waals surface area contributed by atoms with Crippen LogP contribution in [0.1, 0.15) is 28.7 Å². The van der Waals surface area contributed by atoms with Gasteiger partial charge in [-0.15, -0.1) is 0 Å². The van der Waals surface area contributed by atoms with Crippen LogP contribution in [-0.4, -0.2) is 38.2 Å². The first-order valence-corrected chi connectivity index (χ1v) is 7.09. The number of hydrogen-bond donors (Lipinski definition) is 1. The highest BCUT2D eigenvalue weighted by molar-refractivity contribution is 5.48. The van der Waals surface area contributed by atoms with Gasteiger partial charge in [-0.25, -0.2) is 0 Å². The largest absolute Gasteiger partial charge is 0.496 e. The molecule has 1 aromatic rings. The lowest BCUT2D eigenvalue weighted by atomic mass is 9.98. The molecule has 1 aliphatic heterocycles. The van der Waals surface area contributed by atoms with Gasteiger partial charge in [-0.1, -0.05) is 6.07 Å². The Labute approximate surface area is 116 Å². The van der Waals surface area contributed by atoms with Crippen molar-refractivity contribution < 1.29 is 4.74 Å². The predicted molar refractivity (Wildman–Crippen MR) is 79.9 cm³/mol. The fourth-order valence-electron chi connectivity index (χ4n) is 3.03. The quantitative estimate of drug-likeness (QED) is 0.902. The smallest absolute Gasteiger partial charge is 0.124 e. The number of likely N-dealkylation sites (N-methyl/N-ethyl adjacent to an activating group) is 1. The van der Waals surface area contributed by atoms with E-state index in [0.29, 0.717) is 6.04 Å². The number of benzene rings is 1. The lowest BCUT2D eigenvalue weighted by Gasteiger charge is -2.25. The van der Waals surface area contributed by atoms with Crippen LogP contribution >= 0.6 is 0 Å². The molecule has 1 fully saturated rings. The summed E-state index contributed by atoms with van der Waals surface area (Å²) in [5, 5.41) is 3.43. The van der Waals surface area contributed by atoms with Gasteiger partial charge in [0, 0.05) is 19.1 Å². The molecule has 1 heterocycles. The third-order valence-corrected chi connectivity index (χ3v) is 4.42. The topological polar surface area (TPSA) is 24.5 Å². The summed E-state index contributed by atoms with van der Waals surface area (Å²) in [7, 11) is 3.98. The van der Waals surface area contributed by atoms with Gasteiger partial charge >= 0.3 is 0 Å². The van der Waals surface area contributed by atoms with Crippen molar-refractivity contribution in [2.24, 2.45) is 0 Å². The van der Waals surface area contributed by atoms with Crippen LogP contribution in [0.25, 0.3) is 0 Å². The summed E-state index contributed by atoms with van der Waals surface area (Å²) in [4.78, 5) is 2.47. The Morgan fingerprint density at radius 2 is 2.05 bits per heavy atom. The third kappa shape index (κ3) is 2.93. The van der Waals surface area contributed by atoms with E-state index in [-0.39, 0.29) is 0 Å². The van der Waals surface area contributed by atoms with E-state index < -0.39 is 0 Å². The molecule has 0 bridgehead atoms. The van der Waals surface area contributed by atoms with Gasteiger partial charge in [-0.05, 0) is 63.0 Å². The molecule has 0 spiro atoms. The van der Waals surface area contributed by atoms with Gasteiger partial charge in [-0.3, -0.25) is 4.90 Å². The van der Waals surface area contributed by atoms with E-state index in [2.05, 4.69) is 44.1 Å². The Morgan fingerprint density at radius 1 is 1.32 bits per heavy atom. The van der Waals surface area contributed by atoms with E-state index in [9.17, 15) is 0 Å². The summed E-state index contributed by atoms with van der Waals surface area (Å²) in [5.74, 6) is 1.03. The number of hydrogen-bond acceptors (Lipinski definition) is 3. The highest BCUT2D eigenvalue weighted by Gasteiger charge is 2.20. The minimum Gasteiger partial charge on any atom is -0.496 e. The van der Waals surface area contributed by atoms with Crippen LogP contribution in [0.5, 0.6) is 5.75 Å². The van der Waals surface area contributed by atoms with Crippen molar-refractivity contribution in [3.63, 3.8) is 0 Å². The SMILES string of the molecule is COc1c(C)cc(CN(C)C2CCNC2)c(C)c1C. The number of nitrogens with zero attached hydrogens (tertiary/aromatic N) is 1. The van der Waals surface area contributed by atoms with Crippen LogP contribution in [-0.2, 0) is 6.54 Å². The van der Waals surface area contributed by atoms with E-state index in [4.69, 9.17) is 4.74 Å². The molecular weight excluding hydrogens is 236 g/mol. The molecule has 3 nitrogen and oxygen atoms in total. The number of rotatable bonds is 4. The molecule has 0 radical (unpaired) electrons. The van der Waals surface area contributed by atoms with E-state index >= 15 is 0 Å². The van der Waals surface area contributed by atoms with E-state index in [0.717, 1.165) is 25.4 Å². The van der Waals surface area contributed by atoms with E-state index in [1.165, 1.54) is 28.7 Å². The fourth-order valence-corrected chi connectivity index (χ4v) is 3.03. The van der Waals surface area contributed by atoms with E-state index in [1.807, 2.05) is 0 Å². The minimum absolute atomic E-state index is 0.669. The number of ether oxygens (including phenoxy) is 1. The molecule has 1 unspecified atom stereocenters. The van der Waals surface area contributed by atoms with Gasteiger partial charge < -0.3 is 10.1 Å². The molecule has 0 aromatic heterocycles. The van der Waals surface area contributed by atoms with Crippen molar-refractivity contribution >= 4 is 0 Å². The van der Waals surface area contributed by atoms with Gasteiger partial charge in [-0.2, -0.15) is 0 Å². The van der Waals surface area contributed by atoms with Gasteiger partial charge in [0.25, 0.3) is 0 Å². The van der Waals surface area contributed by atoms with Crippen molar-refractivity contribution in [2.75, 3.05) is 27.2 Å². The molecule has 19 heavy (non-hydrogen) atoms. The lowest BCUT2D eigenvalue weighted by molar-refractivity contribution is 0.248. The van der Waals surface area contributed by atoms with Gasteiger partial charge in [0.1, 0.15) is 5.75 Å². The summed E-state index contributed by atoms with van der Waals surface area (Å²) < 4.78 is 5.49. The molecule has 1 aromatic carbocycles. The average molecular weight is 262 g/mol.